The Kier molecular flexibility index (Phi) is 4.14. The molecule has 0 unspecified atom stereocenters. The predicted molar refractivity (Wildman–Crippen MR) is 42.4 cm³/mol. The highest BCUT2D eigenvalue weighted by atomic mass is 16.5. The Labute approximate surface area is 63.8 Å². The zero-order valence-corrected chi connectivity index (χ0v) is 6.68. The first-order valence-corrected chi connectivity index (χ1v) is 3.44. The number of hydrogen-bond donors (Lipinski definition) is 0. The van der Waals surface area contributed by atoms with E-state index in [0.29, 0.717) is 13.0 Å². The van der Waals surface area contributed by atoms with Crippen LogP contribution >= 0.6 is 0 Å². The number of unbranched alkanes of at least 4 members (excludes halogenated alkanes) is 1. The fourth-order valence-electron chi connectivity index (χ4n) is 0.452. The molecule has 0 atom stereocenters. The summed E-state index contributed by atoms with van der Waals surface area (Å²) in [6, 6.07) is 0. The zero-order chi connectivity index (χ0) is 8.04. The molecule has 2 radical (unpaired) electrons. The average molecular weight is 138 g/mol. The van der Waals surface area contributed by atoms with Crippen molar-refractivity contribution in [2.24, 2.45) is 0 Å². The van der Waals surface area contributed by atoms with E-state index >= 15 is 0 Å². The quantitative estimate of drug-likeness (QED) is 0.426. The molecule has 0 fully saturated rings. The summed E-state index contributed by atoms with van der Waals surface area (Å²) < 4.78 is 5.30. The lowest BCUT2D eigenvalue weighted by Gasteiger charge is -2.17. The van der Waals surface area contributed by atoms with Crippen molar-refractivity contribution in [3.63, 3.8) is 0 Å². The molecule has 0 aliphatic rings. The third kappa shape index (κ3) is 4.40. The Morgan fingerprint density at radius 1 is 1.50 bits per heavy atom. The van der Waals surface area contributed by atoms with Gasteiger partial charge in [0.05, 0.1) is 0 Å². The molecule has 0 aromatic rings. The van der Waals surface area contributed by atoms with Crippen LogP contribution in [0.5, 0.6) is 0 Å². The van der Waals surface area contributed by atoms with Gasteiger partial charge in [-0.3, -0.25) is 0 Å². The van der Waals surface area contributed by atoms with E-state index in [0.717, 1.165) is 6.42 Å². The Morgan fingerprint density at radius 3 is 2.50 bits per heavy atom. The lowest BCUT2D eigenvalue weighted by Crippen LogP contribution is -2.22. The Balaban J connectivity index is 3.40. The first-order valence-electron chi connectivity index (χ1n) is 3.44. The van der Waals surface area contributed by atoms with Crippen molar-refractivity contribution in [2.45, 2.75) is 32.3 Å². The van der Waals surface area contributed by atoms with E-state index < -0.39 is 5.60 Å². The molecule has 0 aliphatic carbocycles. The maximum Gasteiger partial charge on any atom is 0.122 e. The third-order valence-electron chi connectivity index (χ3n) is 1.16. The molecule has 1 heteroatoms. The molecule has 0 rings (SSSR count). The Morgan fingerprint density at radius 2 is 2.10 bits per heavy atom. The van der Waals surface area contributed by atoms with E-state index in [-0.39, 0.29) is 0 Å². The van der Waals surface area contributed by atoms with E-state index in [4.69, 9.17) is 18.1 Å². The molecule has 0 spiro atoms. The van der Waals surface area contributed by atoms with Gasteiger partial charge in [0.15, 0.2) is 0 Å². The summed E-state index contributed by atoms with van der Waals surface area (Å²) in [4.78, 5) is 0. The van der Waals surface area contributed by atoms with Crippen LogP contribution in [-0.4, -0.2) is 12.2 Å². The van der Waals surface area contributed by atoms with Gasteiger partial charge in [-0.1, -0.05) is 5.92 Å². The SMILES string of the molecule is [CH]CCCOC(C)(C)C#C. The topological polar surface area (TPSA) is 9.23 Å². The number of ether oxygens (including phenoxy) is 1. The molecule has 0 heterocycles. The third-order valence-corrected chi connectivity index (χ3v) is 1.16. The molecule has 0 aromatic heterocycles. The second kappa shape index (κ2) is 4.35. The molecule has 10 heavy (non-hydrogen) atoms. The van der Waals surface area contributed by atoms with Crippen molar-refractivity contribution < 1.29 is 4.74 Å². The Bertz CT molecular complexity index is 119. The average Bonchev–Trinajstić information content (AvgIpc) is 1.89. The fourth-order valence-corrected chi connectivity index (χ4v) is 0.452. The van der Waals surface area contributed by atoms with Crippen molar-refractivity contribution in [2.75, 3.05) is 6.61 Å². The van der Waals surface area contributed by atoms with Gasteiger partial charge in [-0.05, 0) is 33.6 Å². The highest BCUT2D eigenvalue weighted by Crippen LogP contribution is 2.07. The van der Waals surface area contributed by atoms with Crippen LogP contribution in [0.2, 0.25) is 0 Å². The lowest BCUT2D eigenvalue weighted by molar-refractivity contribution is 0.0261. The van der Waals surface area contributed by atoms with E-state index in [1.165, 1.54) is 0 Å². The van der Waals surface area contributed by atoms with Gasteiger partial charge in [0.1, 0.15) is 5.60 Å². The van der Waals surface area contributed by atoms with Gasteiger partial charge in [-0.15, -0.1) is 6.42 Å². The minimum atomic E-state index is -0.435. The van der Waals surface area contributed by atoms with Crippen LogP contribution in [0.3, 0.4) is 0 Å². The van der Waals surface area contributed by atoms with Gasteiger partial charge in [0.25, 0.3) is 0 Å². The molecular formula is C9H14O. The van der Waals surface area contributed by atoms with Crippen LogP contribution in [-0.2, 0) is 4.74 Å². The van der Waals surface area contributed by atoms with E-state index in [1.807, 2.05) is 13.8 Å². The van der Waals surface area contributed by atoms with Gasteiger partial charge < -0.3 is 4.74 Å². The highest BCUT2D eigenvalue weighted by Gasteiger charge is 2.12. The van der Waals surface area contributed by atoms with Crippen molar-refractivity contribution in [1.82, 2.24) is 0 Å². The predicted octanol–water partition coefficient (Wildman–Crippen LogP) is 1.91. The van der Waals surface area contributed by atoms with Crippen molar-refractivity contribution in [3.05, 3.63) is 6.92 Å². The van der Waals surface area contributed by atoms with Gasteiger partial charge >= 0.3 is 0 Å². The molecule has 0 aliphatic heterocycles. The summed E-state index contributed by atoms with van der Waals surface area (Å²) in [5.74, 6) is 2.54. The maximum absolute atomic E-state index is 5.30. The molecule has 1 nitrogen and oxygen atoms in total. The van der Waals surface area contributed by atoms with Crippen molar-refractivity contribution in [1.29, 1.82) is 0 Å². The second-order valence-corrected chi connectivity index (χ2v) is 2.65. The molecule has 0 amide bonds. The van der Waals surface area contributed by atoms with Crippen LogP contribution in [0, 0.1) is 19.3 Å². The molecule has 0 bridgehead atoms. The van der Waals surface area contributed by atoms with Crippen LogP contribution in [0.25, 0.3) is 0 Å². The summed E-state index contributed by atoms with van der Waals surface area (Å²) in [5, 5.41) is 0. The summed E-state index contributed by atoms with van der Waals surface area (Å²) >= 11 is 0. The van der Waals surface area contributed by atoms with Gasteiger partial charge in [-0.2, -0.15) is 0 Å². The van der Waals surface area contributed by atoms with Gasteiger partial charge in [0, 0.05) is 6.61 Å². The van der Waals surface area contributed by atoms with Crippen LogP contribution < -0.4 is 0 Å². The summed E-state index contributed by atoms with van der Waals surface area (Å²) in [6.45, 7) is 9.64. The lowest BCUT2D eigenvalue weighted by atomic mass is 10.1. The standard InChI is InChI=1S/C9H14O/c1-5-7-8-10-9(3,4)6-2/h1-2H,5,7-8H2,3-4H3. The first kappa shape index (κ1) is 9.52. The number of hydrogen-bond acceptors (Lipinski definition) is 1. The maximum atomic E-state index is 5.30. The zero-order valence-electron chi connectivity index (χ0n) is 6.68. The molecule has 0 saturated heterocycles. The smallest absolute Gasteiger partial charge is 0.122 e. The minimum Gasteiger partial charge on any atom is -0.363 e. The molecule has 0 N–H and O–H groups in total. The van der Waals surface area contributed by atoms with Crippen LogP contribution in [0.1, 0.15) is 26.7 Å². The summed E-state index contributed by atoms with van der Waals surface area (Å²) in [5.41, 5.74) is -0.435. The molecular weight excluding hydrogens is 124 g/mol. The van der Waals surface area contributed by atoms with Crippen LogP contribution in [0.4, 0.5) is 0 Å². The molecule has 56 valence electrons. The normalized spacial score (nSPS) is 11.0. The summed E-state index contributed by atoms with van der Waals surface area (Å²) in [7, 11) is 0. The number of rotatable bonds is 4. The second-order valence-electron chi connectivity index (χ2n) is 2.65. The molecule has 0 aromatic carbocycles. The minimum absolute atomic E-state index is 0.435. The fraction of sp³-hybridized carbons (Fsp3) is 0.667. The van der Waals surface area contributed by atoms with Gasteiger partial charge in [-0.25, -0.2) is 0 Å². The highest BCUT2D eigenvalue weighted by molar-refractivity contribution is 5.02. The molecule has 0 saturated carbocycles. The van der Waals surface area contributed by atoms with E-state index in [1.54, 1.807) is 0 Å². The van der Waals surface area contributed by atoms with E-state index in [9.17, 15) is 0 Å². The number of terminal acetylenes is 1. The van der Waals surface area contributed by atoms with E-state index in [2.05, 4.69) is 5.92 Å². The first-order chi connectivity index (χ1) is 4.62. The monoisotopic (exact) mass is 138 g/mol. The van der Waals surface area contributed by atoms with Crippen molar-refractivity contribution in [3.8, 4) is 12.3 Å². The van der Waals surface area contributed by atoms with Crippen molar-refractivity contribution >= 4 is 0 Å². The largest absolute Gasteiger partial charge is 0.363 e. The van der Waals surface area contributed by atoms with Crippen LogP contribution in [0.15, 0.2) is 0 Å². The summed E-state index contributed by atoms with van der Waals surface area (Å²) in [6.07, 6.45) is 6.70. The van der Waals surface area contributed by atoms with Gasteiger partial charge in [0.2, 0.25) is 0 Å². The Hall–Kier alpha value is -0.480.